The third-order valence-corrected chi connectivity index (χ3v) is 11.8. The van der Waals surface area contributed by atoms with E-state index in [1.54, 1.807) is 6.08 Å². The largest absolute Gasteiger partial charge is 0.472 e. The number of amides is 1. The van der Waals surface area contributed by atoms with E-state index in [0.717, 1.165) is 89.9 Å². The van der Waals surface area contributed by atoms with Crippen LogP contribution in [0.4, 0.5) is 0 Å². The number of hydrogen-bond donors (Lipinski definition) is 3. The maximum atomic E-state index is 12.9. The van der Waals surface area contributed by atoms with E-state index in [-0.39, 0.29) is 19.1 Å². The smallest absolute Gasteiger partial charge is 0.387 e. The Morgan fingerprint density at radius 3 is 1.44 bits per heavy atom. The van der Waals surface area contributed by atoms with E-state index in [9.17, 15) is 19.4 Å². The zero-order chi connectivity index (χ0) is 47.1. The van der Waals surface area contributed by atoms with Crippen LogP contribution in [0.3, 0.4) is 0 Å². The lowest BCUT2D eigenvalue weighted by atomic mass is 10.1. The predicted molar refractivity (Wildman–Crippen MR) is 276 cm³/mol. The monoisotopic (exact) mass is 914 g/mol. The fraction of sp³-hybridized carbons (Fsp3) is 0.691. The maximum Gasteiger partial charge on any atom is 0.472 e. The normalized spacial score (nSPS) is 14.9. The van der Waals surface area contributed by atoms with Crippen molar-refractivity contribution in [3.05, 3.63) is 97.2 Å². The average molecular weight is 914 g/mol. The average Bonchev–Trinajstić information content (AvgIpc) is 3.25. The number of likely N-dealkylation sites (N-methyl/N-ethyl adjacent to an activating group) is 1. The first-order valence-electron chi connectivity index (χ1n) is 25.6. The molecule has 3 atom stereocenters. The summed E-state index contributed by atoms with van der Waals surface area (Å²) in [5, 5.41) is 13.9. The number of nitrogens with one attached hydrogen (secondary N) is 1. The number of carbonyl (C=O) groups excluding carboxylic acids is 1. The predicted octanol–water partition coefficient (Wildman–Crippen LogP) is 15.1. The number of aliphatic hydroxyl groups excluding tert-OH is 1. The third-order valence-electron chi connectivity index (χ3n) is 10.8. The van der Waals surface area contributed by atoms with Gasteiger partial charge in [-0.05, 0) is 83.5 Å². The van der Waals surface area contributed by atoms with Gasteiger partial charge in [-0.1, -0.05) is 201 Å². The summed E-state index contributed by atoms with van der Waals surface area (Å²) in [5.41, 5.74) is 0. The van der Waals surface area contributed by atoms with E-state index in [4.69, 9.17) is 9.05 Å². The Bertz CT molecular complexity index is 1360. The minimum atomic E-state index is -4.36. The fourth-order valence-electron chi connectivity index (χ4n) is 6.77. The Balaban J connectivity index is 4.40. The van der Waals surface area contributed by atoms with Gasteiger partial charge in [0.25, 0.3) is 0 Å². The molecule has 0 saturated carbocycles. The lowest BCUT2D eigenvalue weighted by Crippen LogP contribution is -2.45. The number of carbonyl (C=O) groups is 1. The number of hydrogen-bond acceptors (Lipinski definition) is 5. The van der Waals surface area contributed by atoms with Crippen LogP contribution in [0.15, 0.2) is 97.2 Å². The van der Waals surface area contributed by atoms with Gasteiger partial charge >= 0.3 is 7.82 Å². The van der Waals surface area contributed by atoms with Crippen LogP contribution in [0.1, 0.15) is 194 Å². The van der Waals surface area contributed by atoms with Crippen LogP contribution < -0.4 is 5.32 Å². The van der Waals surface area contributed by atoms with Crippen molar-refractivity contribution in [1.29, 1.82) is 0 Å². The molecule has 0 saturated heterocycles. The van der Waals surface area contributed by atoms with E-state index < -0.39 is 20.0 Å². The molecule has 0 aromatic heterocycles. The number of nitrogens with zero attached hydrogens (tertiary/aromatic N) is 1. The Hall–Kier alpha value is -2.58. The number of phosphoric acid groups is 1. The molecule has 0 aromatic rings. The molecule has 0 radical (unpaired) electrons. The number of unbranched alkanes of at least 4 members (excludes halogenated alkanes) is 18. The lowest BCUT2D eigenvalue weighted by Gasteiger charge is -2.25. The maximum absolute atomic E-state index is 12.9. The summed E-state index contributed by atoms with van der Waals surface area (Å²) >= 11 is 0. The summed E-state index contributed by atoms with van der Waals surface area (Å²) in [5.74, 6) is -0.206. The second-order valence-corrected chi connectivity index (χ2v) is 19.6. The van der Waals surface area contributed by atoms with Gasteiger partial charge in [0.15, 0.2) is 0 Å². The first kappa shape index (κ1) is 61.4. The van der Waals surface area contributed by atoms with Gasteiger partial charge in [0.05, 0.1) is 39.9 Å². The van der Waals surface area contributed by atoms with Crippen molar-refractivity contribution < 1.29 is 32.9 Å². The van der Waals surface area contributed by atoms with Crippen molar-refractivity contribution in [3.63, 3.8) is 0 Å². The molecule has 368 valence electrons. The zero-order valence-corrected chi connectivity index (χ0v) is 42.6. The van der Waals surface area contributed by atoms with E-state index in [1.165, 1.54) is 83.5 Å². The van der Waals surface area contributed by atoms with Crippen molar-refractivity contribution in [3.8, 4) is 0 Å². The first-order chi connectivity index (χ1) is 31.0. The number of quaternary nitrogens is 1. The molecule has 3 N–H and O–H groups in total. The Morgan fingerprint density at radius 1 is 0.547 bits per heavy atom. The standard InChI is InChI=1S/C55H97N2O6P/c1-6-8-10-12-14-16-18-20-22-24-25-26-27-28-29-30-31-33-35-37-39-41-43-45-47-49-55(59)56-53(52-63-64(60,61)62-51-50-57(3,4)5)54(58)48-46-44-42-40-38-36-34-32-23-21-19-17-15-13-11-9-7-2/h8,10,14,16,20,22,25-26,28-29,31,33,38,40,46,48,53-54,58H,6-7,9,11-13,15,17-19,21,23-24,27,30,32,34-37,39,41-45,47,49-52H2,1-5H3,(H-,56,59,60,61)/p+1/b10-8-,16-14-,22-20-,26-25-,29-28-,33-31-,40-38+,48-46+. The van der Waals surface area contributed by atoms with Crippen molar-refractivity contribution >= 4 is 13.7 Å². The molecule has 64 heavy (non-hydrogen) atoms. The zero-order valence-electron chi connectivity index (χ0n) is 41.7. The van der Waals surface area contributed by atoms with E-state index in [1.807, 2.05) is 27.2 Å². The molecule has 3 unspecified atom stereocenters. The highest BCUT2D eigenvalue weighted by Crippen LogP contribution is 2.43. The quantitative estimate of drug-likeness (QED) is 0.0243. The second kappa shape index (κ2) is 45.6. The van der Waals surface area contributed by atoms with Crippen LogP contribution in [0.5, 0.6) is 0 Å². The van der Waals surface area contributed by atoms with Gasteiger partial charge in [-0.2, -0.15) is 0 Å². The van der Waals surface area contributed by atoms with Crippen LogP contribution >= 0.6 is 7.82 Å². The summed E-state index contributed by atoms with van der Waals surface area (Å²) in [6.07, 6.45) is 64.9. The highest BCUT2D eigenvalue weighted by atomic mass is 31.2. The van der Waals surface area contributed by atoms with Crippen LogP contribution in [0.2, 0.25) is 0 Å². The Kier molecular flexibility index (Phi) is 43.7. The molecule has 8 nitrogen and oxygen atoms in total. The summed E-state index contributed by atoms with van der Waals surface area (Å²) in [6, 6.07) is -0.878. The minimum Gasteiger partial charge on any atom is -0.387 e. The Labute approximate surface area is 394 Å². The van der Waals surface area contributed by atoms with E-state index in [0.29, 0.717) is 17.4 Å². The van der Waals surface area contributed by atoms with Gasteiger partial charge < -0.3 is 19.8 Å². The summed E-state index contributed by atoms with van der Waals surface area (Å²) in [4.78, 5) is 23.2. The van der Waals surface area contributed by atoms with Crippen LogP contribution in [0, 0.1) is 0 Å². The van der Waals surface area contributed by atoms with Gasteiger partial charge in [-0.15, -0.1) is 0 Å². The van der Waals surface area contributed by atoms with Crippen molar-refractivity contribution in [2.24, 2.45) is 0 Å². The molecule has 0 bridgehead atoms. The number of rotatable bonds is 45. The first-order valence-corrected chi connectivity index (χ1v) is 27.1. The van der Waals surface area contributed by atoms with Crippen molar-refractivity contribution in [1.82, 2.24) is 5.32 Å². The minimum absolute atomic E-state index is 0.0477. The topological polar surface area (TPSA) is 105 Å². The van der Waals surface area contributed by atoms with Crippen LogP contribution in [0.25, 0.3) is 0 Å². The number of allylic oxidation sites excluding steroid dienone is 15. The number of phosphoric ester groups is 1. The summed E-state index contributed by atoms with van der Waals surface area (Å²) in [6.45, 7) is 4.65. The molecule has 0 heterocycles. The molecule has 0 spiro atoms. The van der Waals surface area contributed by atoms with Gasteiger partial charge in [-0.25, -0.2) is 4.57 Å². The highest BCUT2D eigenvalue weighted by molar-refractivity contribution is 7.47. The molecular formula is C55H98N2O6P+. The molecule has 9 heteroatoms. The second-order valence-electron chi connectivity index (χ2n) is 18.2. The molecular weight excluding hydrogens is 816 g/mol. The number of aliphatic hydroxyl groups is 1. The third kappa shape index (κ3) is 47.4. The fourth-order valence-corrected chi connectivity index (χ4v) is 7.50. The summed E-state index contributed by atoms with van der Waals surface area (Å²) in [7, 11) is 1.53. The molecule has 1 amide bonds. The molecule has 0 aliphatic rings. The van der Waals surface area contributed by atoms with E-state index in [2.05, 4.69) is 104 Å². The Morgan fingerprint density at radius 2 is 0.953 bits per heavy atom. The van der Waals surface area contributed by atoms with E-state index >= 15 is 0 Å². The van der Waals surface area contributed by atoms with Gasteiger partial charge in [0.2, 0.25) is 5.91 Å². The van der Waals surface area contributed by atoms with Crippen LogP contribution in [-0.4, -0.2) is 73.4 Å². The lowest BCUT2D eigenvalue weighted by molar-refractivity contribution is -0.870. The molecule has 0 aromatic carbocycles. The van der Waals surface area contributed by atoms with Crippen molar-refractivity contribution in [2.75, 3.05) is 40.9 Å². The summed E-state index contributed by atoms with van der Waals surface area (Å²) < 4.78 is 23.6. The van der Waals surface area contributed by atoms with Gasteiger partial charge in [-0.3, -0.25) is 13.8 Å². The SMILES string of the molecule is CC/C=C\C/C=C\C/C=C\C/C=C\C/C=C\C/C=C\CCCCCCCCC(=O)NC(COP(=O)(O)OCC[N+](C)(C)C)C(O)/C=C/CC/C=C/CCCCCCCCCCCCC. The highest BCUT2D eigenvalue weighted by Gasteiger charge is 2.27. The van der Waals surface area contributed by atoms with Gasteiger partial charge in [0, 0.05) is 6.42 Å². The van der Waals surface area contributed by atoms with Crippen molar-refractivity contribution in [2.45, 2.75) is 206 Å². The van der Waals surface area contributed by atoms with Crippen LogP contribution in [-0.2, 0) is 18.4 Å². The molecule has 0 aliphatic carbocycles. The van der Waals surface area contributed by atoms with Gasteiger partial charge in [0.1, 0.15) is 13.2 Å². The molecule has 0 rings (SSSR count). The molecule has 0 fully saturated rings. The molecule has 0 aliphatic heterocycles.